The van der Waals surface area contributed by atoms with Crippen LogP contribution in [-0.2, 0) is 0 Å². The van der Waals surface area contributed by atoms with Crippen molar-refractivity contribution in [1.29, 1.82) is 0 Å². The molecule has 27 heavy (non-hydrogen) atoms. The Kier molecular flexibility index (Phi) is 7.23. The van der Waals surface area contributed by atoms with Gasteiger partial charge in [0.05, 0.1) is 0 Å². The van der Waals surface area contributed by atoms with Gasteiger partial charge >= 0.3 is 12.3 Å². The maximum atomic E-state index is 13.2. The van der Waals surface area contributed by atoms with E-state index in [9.17, 15) is 26.3 Å². The van der Waals surface area contributed by atoms with Crippen molar-refractivity contribution in [2.45, 2.75) is 63.9 Å². The molecular formula is C20H24F6O. The maximum absolute atomic E-state index is 13.2. The first-order chi connectivity index (χ1) is 12.6. The lowest BCUT2D eigenvalue weighted by Gasteiger charge is -2.26. The summed E-state index contributed by atoms with van der Waals surface area (Å²) >= 11 is 0. The molecule has 0 bridgehead atoms. The van der Waals surface area contributed by atoms with E-state index in [1.54, 1.807) is 0 Å². The summed E-state index contributed by atoms with van der Waals surface area (Å²) in [6, 6.07) is 5.11. The Morgan fingerprint density at radius 3 is 2.15 bits per heavy atom. The summed E-state index contributed by atoms with van der Waals surface area (Å²) in [6.07, 6.45) is -4.02. The molecule has 1 unspecified atom stereocenters. The molecular weight excluding hydrogens is 370 g/mol. The fourth-order valence-corrected chi connectivity index (χ4v) is 3.37. The molecule has 152 valence electrons. The maximum Gasteiger partial charge on any atom is 0.439 e. The third kappa shape index (κ3) is 6.47. The quantitative estimate of drug-likeness (QED) is 0.445. The van der Waals surface area contributed by atoms with E-state index >= 15 is 0 Å². The lowest BCUT2D eigenvalue weighted by Crippen LogP contribution is -2.45. The molecule has 0 spiro atoms. The molecule has 0 amide bonds. The standard InChI is InChI=1S/C20H24F6O/c1-2-3-14-4-6-15(7-5-14)8-9-16-10-12-17(13-11-16)27-20(25,26)18(21)19(22,23)24/h8-15,18H,2-7H2,1H3/b9-8+. The summed E-state index contributed by atoms with van der Waals surface area (Å²) in [5.74, 6) is 0.746. The number of ether oxygens (including phenoxy) is 1. The van der Waals surface area contributed by atoms with Gasteiger partial charge in [0, 0.05) is 0 Å². The van der Waals surface area contributed by atoms with Crippen LogP contribution in [0.25, 0.3) is 6.08 Å². The SMILES string of the molecule is CCCC1CCC(/C=C/c2ccc(OC(F)(F)C(F)C(F)(F)F)cc2)CC1. The van der Waals surface area contributed by atoms with Crippen molar-refractivity contribution in [3.8, 4) is 5.75 Å². The van der Waals surface area contributed by atoms with Crippen molar-refractivity contribution < 1.29 is 31.1 Å². The average Bonchev–Trinajstić information content (AvgIpc) is 2.61. The van der Waals surface area contributed by atoms with E-state index in [1.807, 2.05) is 6.08 Å². The summed E-state index contributed by atoms with van der Waals surface area (Å²) in [7, 11) is 0. The molecule has 1 aromatic rings. The zero-order valence-electron chi connectivity index (χ0n) is 15.1. The number of benzene rings is 1. The monoisotopic (exact) mass is 394 g/mol. The minimum atomic E-state index is -5.69. The Morgan fingerprint density at radius 1 is 1.04 bits per heavy atom. The molecule has 0 aromatic heterocycles. The van der Waals surface area contributed by atoms with Gasteiger partial charge < -0.3 is 4.74 Å². The number of halogens is 6. The van der Waals surface area contributed by atoms with Crippen LogP contribution in [0.4, 0.5) is 26.3 Å². The van der Waals surface area contributed by atoms with Crippen LogP contribution >= 0.6 is 0 Å². The molecule has 1 fully saturated rings. The first-order valence-corrected chi connectivity index (χ1v) is 9.17. The summed E-state index contributed by atoms with van der Waals surface area (Å²) < 4.78 is 79.6. The lowest BCUT2D eigenvalue weighted by molar-refractivity contribution is -0.304. The number of alkyl halides is 6. The Hall–Kier alpha value is -1.66. The molecule has 1 aliphatic carbocycles. The molecule has 7 heteroatoms. The van der Waals surface area contributed by atoms with Gasteiger partial charge in [-0.25, -0.2) is 4.39 Å². The number of allylic oxidation sites excluding steroid dienone is 1. The lowest BCUT2D eigenvalue weighted by atomic mass is 9.80. The molecule has 1 aromatic carbocycles. The van der Waals surface area contributed by atoms with Crippen molar-refractivity contribution in [2.24, 2.45) is 11.8 Å². The van der Waals surface area contributed by atoms with Gasteiger partial charge in [0.2, 0.25) is 0 Å². The van der Waals surface area contributed by atoms with E-state index in [-0.39, 0.29) is 0 Å². The first-order valence-electron chi connectivity index (χ1n) is 9.17. The van der Waals surface area contributed by atoms with Gasteiger partial charge in [-0.3, -0.25) is 0 Å². The molecule has 1 nitrogen and oxygen atoms in total. The molecule has 1 aliphatic rings. The largest absolute Gasteiger partial charge is 0.439 e. The second kappa shape index (κ2) is 9.02. The van der Waals surface area contributed by atoms with Gasteiger partial charge in [0.1, 0.15) is 5.75 Å². The molecule has 0 radical (unpaired) electrons. The Balaban J connectivity index is 1.90. The molecule has 0 heterocycles. The predicted octanol–water partition coefficient (Wildman–Crippen LogP) is 7.18. The van der Waals surface area contributed by atoms with E-state index in [2.05, 4.69) is 17.7 Å². The summed E-state index contributed by atoms with van der Waals surface area (Å²) in [4.78, 5) is 0. The van der Waals surface area contributed by atoms with Crippen LogP contribution in [0.5, 0.6) is 5.75 Å². The highest BCUT2D eigenvalue weighted by Crippen LogP contribution is 2.37. The average molecular weight is 394 g/mol. The second-order valence-corrected chi connectivity index (χ2v) is 7.07. The molecule has 0 N–H and O–H groups in total. The van der Waals surface area contributed by atoms with Crippen LogP contribution in [0.3, 0.4) is 0 Å². The first kappa shape index (κ1) is 21.6. The van der Waals surface area contributed by atoms with Crippen LogP contribution in [-0.4, -0.2) is 18.5 Å². The van der Waals surface area contributed by atoms with Crippen LogP contribution in [0.2, 0.25) is 0 Å². The minimum absolute atomic E-state index is 0.470. The summed E-state index contributed by atoms with van der Waals surface area (Å²) in [5, 5.41) is 0. The normalized spacial score (nSPS) is 22.8. The van der Waals surface area contributed by atoms with Crippen LogP contribution in [0.1, 0.15) is 51.0 Å². The number of hydrogen-bond donors (Lipinski definition) is 0. The van der Waals surface area contributed by atoms with Crippen molar-refractivity contribution in [2.75, 3.05) is 0 Å². The number of rotatable bonds is 7. The van der Waals surface area contributed by atoms with E-state index in [0.29, 0.717) is 11.5 Å². The molecule has 0 aliphatic heterocycles. The van der Waals surface area contributed by atoms with E-state index in [4.69, 9.17) is 0 Å². The van der Waals surface area contributed by atoms with Gasteiger partial charge in [0.15, 0.2) is 0 Å². The van der Waals surface area contributed by atoms with Crippen molar-refractivity contribution >= 4 is 6.08 Å². The Labute approximate surface area is 155 Å². The zero-order chi connectivity index (χ0) is 20.1. The van der Waals surface area contributed by atoms with Crippen molar-refractivity contribution in [1.82, 2.24) is 0 Å². The zero-order valence-corrected chi connectivity index (χ0v) is 15.1. The van der Waals surface area contributed by atoms with Crippen LogP contribution in [0.15, 0.2) is 30.3 Å². The van der Waals surface area contributed by atoms with E-state index < -0.39 is 24.2 Å². The van der Waals surface area contributed by atoms with Crippen LogP contribution < -0.4 is 4.74 Å². The highest BCUT2D eigenvalue weighted by atomic mass is 19.4. The van der Waals surface area contributed by atoms with E-state index in [0.717, 1.165) is 30.9 Å². The topological polar surface area (TPSA) is 9.23 Å². The second-order valence-electron chi connectivity index (χ2n) is 7.07. The molecule has 1 atom stereocenters. The third-order valence-electron chi connectivity index (χ3n) is 4.87. The minimum Gasteiger partial charge on any atom is -0.430 e. The fourth-order valence-electron chi connectivity index (χ4n) is 3.37. The smallest absolute Gasteiger partial charge is 0.430 e. The molecule has 2 rings (SSSR count). The van der Waals surface area contributed by atoms with Gasteiger partial charge in [0.25, 0.3) is 6.17 Å². The van der Waals surface area contributed by atoms with Gasteiger partial charge in [-0.05, 0) is 55.2 Å². The Bertz CT molecular complexity index is 600. The number of hydrogen-bond acceptors (Lipinski definition) is 1. The van der Waals surface area contributed by atoms with Crippen LogP contribution in [0, 0.1) is 11.8 Å². The van der Waals surface area contributed by atoms with Gasteiger partial charge in [-0.15, -0.1) is 0 Å². The Morgan fingerprint density at radius 2 is 1.63 bits per heavy atom. The predicted molar refractivity (Wildman–Crippen MR) is 92.4 cm³/mol. The summed E-state index contributed by atoms with van der Waals surface area (Å²) in [5.41, 5.74) is 0.717. The highest BCUT2D eigenvalue weighted by Gasteiger charge is 2.59. The van der Waals surface area contributed by atoms with Crippen molar-refractivity contribution in [3.63, 3.8) is 0 Å². The fraction of sp³-hybridized carbons (Fsp3) is 0.600. The van der Waals surface area contributed by atoms with Gasteiger partial charge in [-0.2, -0.15) is 22.0 Å². The third-order valence-corrected chi connectivity index (χ3v) is 4.87. The van der Waals surface area contributed by atoms with Crippen molar-refractivity contribution in [3.05, 3.63) is 35.9 Å². The molecule has 1 saturated carbocycles. The molecule has 0 saturated heterocycles. The van der Waals surface area contributed by atoms with E-state index in [1.165, 1.54) is 37.8 Å². The highest BCUT2D eigenvalue weighted by molar-refractivity contribution is 5.50. The summed E-state index contributed by atoms with van der Waals surface area (Å²) in [6.45, 7) is 2.19. The van der Waals surface area contributed by atoms with Gasteiger partial charge in [-0.1, -0.05) is 44.1 Å².